The molecule has 0 radical (unpaired) electrons. The molecule has 1 aliphatic heterocycles. The van der Waals surface area contributed by atoms with Crippen LogP contribution < -0.4 is 0 Å². The van der Waals surface area contributed by atoms with Gasteiger partial charge in [-0.25, -0.2) is 9.18 Å². The van der Waals surface area contributed by atoms with Crippen LogP contribution in [-0.2, 0) is 6.42 Å². The van der Waals surface area contributed by atoms with E-state index in [1.165, 1.54) is 23.3 Å². The van der Waals surface area contributed by atoms with Crippen molar-refractivity contribution in [3.63, 3.8) is 0 Å². The quantitative estimate of drug-likeness (QED) is 0.559. The highest BCUT2D eigenvalue weighted by Crippen LogP contribution is 2.36. The average Bonchev–Trinajstić information content (AvgIpc) is 3.33. The van der Waals surface area contributed by atoms with Gasteiger partial charge in [-0.2, -0.15) is 4.98 Å². The van der Waals surface area contributed by atoms with E-state index < -0.39 is 0 Å². The third kappa shape index (κ3) is 4.66. The van der Waals surface area contributed by atoms with E-state index >= 15 is 0 Å². The summed E-state index contributed by atoms with van der Waals surface area (Å²) in [5.41, 5.74) is 3.20. The number of rotatable bonds is 5. The molecule has 1 aliphatic rings. The third-order valence-electron chi connectivity index (χ3n) is 6.27. The molecule has 0 N–H and O–H groups in total. The van der Waals surface area contributed by atoms with Crippen LogP contribution in [0, 0.1) is 5.82 Å². The molecule has 0 bridgehead atoms. The maximum absolute atomic E-state index is 13.3. The lowest BCUT2D eigenvalue weighted by Crippen LogP contribution is -2.47. The second kappa shape index (κ2) is 9.51. The Morgan fingerprint density at radius 3 is 2.44 bits per heavy atom. The smallest absolute Gasteiger partial charge is 0.319 e. The van der Waals surface area contributed by atoms with Gasteiger partial charge in [0.1, 0.15) is 5.82 Å². The van der Waals surface area contributed by atoms with E-state index in [2.05, 4.69) is 41.3 Å². The topological polar surface area (TPSA) is 62.5 Å². The fourth-order valence-corrected chi connectivity index (χ4v) is 4.20. The second-order valence-corrected chi connectivity index (χ2v) is 8.39. The van der Waals surface area contributed by atoms with Crippen LogP contribution in [0.1, 0.15) is 49.1 Å². The van der Waals surface area contributed by atoms with Gasteiger partial charge < -0.3 is 14.3 Å². The van der Waals surface area contributed by atoms with E-state index in [-0.39, 0.29) is 23.7 Å². The number of urea groups is 1. The molecule has 2 unspecified atom stereocenters. The number of hydrogen-bond donors (Lipinski definition) is 0. The summed E-state index contributed by atoms with van der Waals surface area (Å²) in [6.07, 6.45) is 1.81. The molecule has 7 heteroatoms. The first-order chi connectivity index (χ1) is 15.5. The minimum atomic E-state index is -0.309. The van der Waals surface area contributed by atoms with Gasteiger partial charge in [-0.1, -0.05) is 36.3 Å². The van der Waals surface area contributed by atoms with Crippen molar-refractivity contribution in [2.24, 2.45) is 0 Å². The van der Waals surface area contributed by atoms with Crippen molar-refractivity contribution in [1.82, 2.24) is 19.9 Å². The fraction of sp³-hybridized carbons (Fsp3) is 0.400. The number of piperidine rings is 1. The Bertz CT molecular complexity index is 1050. The summed E-state index contributed by atoms with van der Waals surface area (Å²) in [6.45, 7) is 5.93. The molecule has 2 aromatic carbocycles. The minimum Gasteiger partial charge on any atom is -0.339 e. The largest absolute Gasteiger partial charge is 0.339 e. The standard InChI is InChI=1S/C25H29FN4O2/c1-4-17-6-8-18(9-7-17)20-14-21(16-30(15-20)25(31)29(3)5-2)24-27-23(28-32-24)19-10-12-22(26)13-11-19/h6-13,20-21H,4-5,14-16H2,1-3H3. The first kappa shape index (κ1) is 22.0. The molecule has 0 spiro atoms. The number of amides is 2. The summed E-state index contributed by atoms with van der Waals surface area (Å²) in [5, 5.41) is 4.11. The Morgan fingerprint density at radius 1 is 1.09 bits per heavy atom. The van der Waals surface area contributed by atoms with Crippen molar-refractivity contribution < 1.29 is 13.7 Å². The van der Waals surface area contributed by atoms with E-state index in [4.69, 9.17) is 4.52 Å². The minimum absolute atomic E-state index is 0.00523. The molecule has 1 fully saturated rings. The van der Waals surface area contributed by atoms with Gasteiger partial charge in [0, 0.05) is 38.2 Å². The molecule has 168 valence electrons. The van der Waals surface area contributed by atoms with Crippen LogP contribution in [-0.4, -0.2) is 52.7 Å². The van der Waals surface area contributed by atoms with Crippen molar-refractivity contribution in [3.8, 4) is 11.4 Å². The summed E-state index contributed by atoms with van der Waals surface area (Å²) in [6, 6.07) is 14.7. The van der Waals surface area contributed by atoms with Crippen molar-refractivity contribution in [1.29, 1.82) is 0 Å². The predicted molar refractivity (Wildman–Crippen MR) is 121 cm³/mol. The molecule has 2 heterocycles. The molecule has 1 aromatic heterocycles. The number of nitrogens with zero attached hydrogens (tertiary/aromatic N) is 4. The highest BCUT2D eigenvalue weighted by molar-refractivity contribution is 5.74. The van der Waals surface area contributed by atoms with Crippen molar-refractivity contribution in [3.05, 3.63) is 71.4 Å². The molecular formula is C25H29FN4O2. The zero-order valence-corrected chi connectivity index (χ0v) is 18.8. The summed E-state index contributed by atoms with van der Waals surface area (Å²) >= 11 is 0. The van der Waals surface area contributed by atoms with E-state index in [1.807, 2.05) is 18.9 Å². The number of hydrogen-bond acceptors (Lipinski definition) is 4. The molecule has 32 heavy (non-hydrogen) atoms. The number of aryl methyl sites for hydroxylation is 1. The highest BCUT2D eigenvalue weighted by Gasteiger charge is 2.35. The average molecular weight is 437 g/mol. The monoisotopic (exact) mass is 436 g/mol. The van der Waals surface area contributed by atoms with Gasteiger partial charge in [0.05, 0.1) is 5.92 Å². The number of aromatic nitrogens is 2. The number of likely N-dealkylation sites (tertiary alicyclic amines) is 1. The van der Waals surface area contributed by atoms with Gasteiger partial charge in [0.25, 0.3) is 0 Å². The third-order valence-corrected chi connectivity index (χ3v) is 6.27. The Morgan fingerprint density at radius 2 is 1.78 bits per heavy atom. The molecule has 1 saturated heterocycles. The summed E-state index contributed by atoms with van der Waals surface area (Å²) in [5.74, 6) is 0.732. The van der Waals surface area contributed by atoms with Crippen LogP contribution in [0.25, 0.3) is 11.4 Å². The van der Waals surface area contributed by atoms with Gasteiger partial charge >= 0.3 is 6.03 Å². The molecule has 0 saturated carbocycles. The zero-order valence-electron chi connectivity index (χ0n) is 18.8. The summed E-state index contributed by atoms with van der Waals surface area (Å²) in [7, 11) is 1.82. The number of benzene rings is 2. The van der Waals surface area contributed by atoms with Crippen LogP contribution in [0.4, 0.5) is 9.18 Å². The maximum atomic E-state index is 13.3. The molecule has 0 aliphatic carbocycles. The van der Waals surface area contributed by atoms with Gasteiger partial charge in [-0.05, 0) is 55.2 Å². The Kier molecular flexibility index (Phi) is 6.53. The SMILES string of the molecule is CCc1ccc(C2CC(c3nc(-c4ccc(F)cc4)no3)CN(C(=O)N(C)CC)C2)cc1. The van der Waals surface area contributed by atoms with Crippen LogP contribution in [0.15, 0.2) is 53.1 Å². The van der Waals surface area contributed by atoms with E-state index in [0.717, 1.165) is 12.8 Å². The molecule has 3 aromatic rings. The van der Waals surface area contributed by atoms with Gasteiger partial charge in [0.15, 0.2) is 0 Å². The highest BCUT2D eigenvalue weighted by atomic mass is 19.1. The second-order valence-electron chi connectivity index (χ2n) is 8.39. The lowest BCUT2D eigenvalue weighted by molar-refractivity contribution is 0.136. The maximum Gasteiger partial charge on any atom is 0.319 e. The van der Waals surface area contributed by atoms with E-state index in [1.54, 1.807) is 17.0 Å². The summed E-state index contributed by atoms with van der Waals surface area (Å²) in [4.78, 5) is 21.2. The first-order valence-electron chi connectivity index (χ1n) is 11.2. The molecular weight excluding hydrogens is 407 g/mol. The Labute approximate surface area is 188 Å². The Hall–Kier alpha value is -3.22. The van der Waals surface area contributed by atoms with Gasteiger partial charge in [-0.3, -0.25) is 0 Å². The van der Waals surface area contributed by atoms with E-state index in [9.17, 15) is 9.18 Å². The lowest BCUT2D eigenvalue weighted by Gasteiger charge is -2.38. The Balaban J connectivity index is 1.61. The number of carbonyl (C=O) groups excluding carboxylic acids is 1. The molecule has 4 rings (SSSR count). The van der Waals surface area contributed by atoms with Gasteiger partial charge in [0.2, 0.25) is 11.7 Å². The zero-order chi connectivity index (χ0) is 22.7. The van der Waals surface area contributed by atoms with Crippen LogP contribution >= 0.6 is 0 Å². The molecule has 2 atom stereocenters. The lowest BCUT2D eigenvalue weighted by atomic mass is 9.84. The normalized spacial score (nSPS) is 18.6. The summed E-state index contributed by atoms with van der Waals surface area (Å²) < 4.78 is 18.9. The van der Waals surface area contributed by atoms with Crippen LogP contribution in [0.3, 0.4) is 0 Å². The van der Waals surface area contributed by atoms with Crippen molar-refractivity contribution >= 4 is 6.03 Å². The first-order valence-corrected chi connectivity index (χ1v) is 11.2. The van der Waals surface area contributed by atoms with E-state index in [0.29, 0.717) is 36.9 Å². The molecule has 2 amide bonds. The number of carbonyl (C=O) groups is 1. The fourth-order valence-electron chi connectivity index (χ4n) is 4.20. The van der Waals surface area contributed by atoms with Crippen LogP contribution in [0.5, 0.6) is 0 Å². The van der Waals surface area contributed by atoms with Crippen molar-refractivity contribution in [2.45, 2.75) is 38.5 Å². The van der Waals surface area contributed by atoms with Crippen molar-refractivity contribution in [2.75, 3.05) is 26.7 Å². The predicted octanol–water partition coefficient (Wildman–Crippen LogP) is 5.08. The van der Waals surface area contributed by atoms with Gasteiger partial charge in [-0.15, -0.1) is 0 Å². The molecule has 6 nitrogen and oxygen atoms in total. The number of halogens is 1. The van der Waals surface area contributed by atoms with Crippen LogP contribution in [0.2, 0.25) is 0 Å².